The van der Waals surface area contributed by atoms with Crippen LogP contribution in [0.15, 0.2) is 71.5 Å². The van der Waals surface area contributed by atoms with E-state index < -0.39 is 0 Å². The summed E-state index contributed by atoms with van der Waals surface area (Å²) in [6, 6.07) is 15.6. The first-order valence-corrected chi connectivity index (χ1v) is 7.35. The quantitative estimate of drug-likeness (QED) is 0.757. The summed E-state index contributed by atoms with van der Waals surface area (Å²) in [7, 11) is 0. The fraction of sp³-hybridized carbons (Fsp3) is 0.0556. The van der Waals surface area contributed by atoms with Crippen LogP contribution in [0.5, 0.6) is 0 Å². The number of amides is 2. The molecule has 2 N–H and O–H groups in total. The molecule has 0 aliphatic heterocycles. The van der Waals surface area contributed by atoms with Crippen molar-refractivity contribution in [3.05, 3.63) is 84.1 Å². The number of rotatable bonds is 5. The molecule has 0 spiro atoms. The second-order valence-corrected chi connectivity index (χ2v) is 5.03. The zero-order chi connectivity index (χ0) is 16.8. The van der Waals surface area contributed by atoms with Crippen molar-refractivity contribution in [3.63, 3.8) is 0 Å². The Bertz CT molecular complexity index is 812. The summed E-state index contributed by atoms with van der Waals surface area (Å²) in [4.78, 5) is 27.8. The van der Waals surface area contributed by atoms with Crippen molar-refractivity contribution >= 4 is 17.5 Å². The van der Waals surface area contributed by atoms with Gasteiger partial charge in [0.1, 0.15) is 5.69 Å². The van der Waals surface area contributed by atoms with E-state index in [1.54, 1.807) is 48.7 Å². The van der Waals surface area contributed by atoms with Crippen molar-refractivity contribution in [2.45, 2.75) is 6.54 Å². The fourth-order valence-corrected chi connectivity index (χ4v) is 2.08. The average Bonchev–Trinajstić information content (AvgIpc) is 3.16. The molecule has 2 aromatic heterocycles. The molecule has 0 aliphatic rings. The number of pyridine rings is 1. The molecule has 0 unspecified atom stereocenters. The predicted molar refractivity (Wildman–Crippen MR) is 88.5 cm³/mol. The van der Waals surface area contributed by atoms with Crippen LogP contribution in [0.1, 0.15) is 26.6 Å². The molecule has 1 aromatic carbocycles. The molecule has 0 radical (unpaired) electrons. The topological polar surface area (TPSA) is 84.2 Å². The van der Waals surface area contributed by atoms with Crippen LogP contribution in [0.4, 0.5) is 5.69 Å². The summed E-state index contributed by atoms with van der Waals surface area (Å²) >= 11 is 0. The van der Waals surface area contributed by atoms with Crippen LogP contribution < -0.4 is 10.6 Å². The lowest BCUT2D eigenvalue weighted by Crippen LogP contribution is -2.23. The summed E-state index contributed by atoms with van der Waals surface area (Å²) < 4.78 is 5.03. The predicted octanol–water partition coefficient (Wildman–Crippen LogP) is 2.86. The molecule has 0 fully saturated rings. The SMILES string of the molecule is O=C(NCc1ccc(NC(=O)c2ccco2)cc1)c1ccccn1. The van der Waals surface area contributed by atoms with Crippen LogP contribution in [0.3, 0.4) is 0 Å². The van der Waals surface area contributed by atoms with Gasteiger partial charge in [0.2, 0.25) is 0 Å². The Morgan fingerprint density at radius 2 is 1.79 bits per heavy atom. The molecule has 120 valence electrons. The summed E-state index contributed by atoms with van der Waals surface area (Å²) in [5.74, 6) is -0.288. The van der Waals surface area contributed by atoms with Crippen LogP contribution in [0, 0.1) is 0 Å². The summed E-state index contributed by atoms with van der Waals surface area (Å²) in [6.45, 7) is 0.377. The van der Waals surface area contributed by atoms with Crippen LogP contribution in [-0.4, -0.2) is 16.8 Å². The minimum atomic E-state index is -0.309. The summed E-state index contributed by atoms with van der Waals surface area (Å²) in [5.41, 5.74) is 1.94. The highest BCUT2D eigenvalue weighted by Crippen LogP contribution is 2.12. The monoisotopic (exact) mass is 321 g/mol. The Morgan fingerprint density at radius 3 is 2.46 bits per heavy atom. The summed E-state index contributed by atoms with van der Waals surface area (Å²) in [6.07, 6.45) is 3.02. The molecule has 2 heterocycles. The number of hydrogen-bond donors (Lipinski definition) is 2. The van der Waals surface area contributed by atoms with E-state index in [0.717, 1.165) is 5.56 Å². The van der Waals surface area contributed by atoms with Gasteiger partial charge in [0.05, 0.1) is 6.26 Å². The van der Waals surface area contributed by atoms with E-state index in [1.807, 2.05) is 12.1 Å². The molecule has 3 rings (SSSR count). The van der Waals surface area contributed by atoms with Gasteiger partial charge < -0.3 is 15.1 Å². The minimum absolute atomic E-state index is 0.231. The first-order chi connectivity index (χ1) is 11.7. The number of anilines is 1. The largest absolute Gasteiger partial charge is 0.459 e. The molecule has 3 aromatic rings. The van der Waals surface area contributed by atoms with Gasteiger partial charge in [-0.2, -0.15) is 0 Å². The number of nitrogens with one attached hydrogen (secondary N) is 2. The molecule has 0 saturated carbocycles. The molecule has 2 amide bonds. The van der Waals surface area contributed by atoms with E-state index in [9.17, 15) is 9.59 Å². The maximum Gasteiger partial charge on any atom is 0.291 e. The number of carbonyl (C=O) groups excluding carboxylic acids is 2. The van der Waals surface area contributed by atoms with Gasteiger partial charge in [0.15, 0.2) is 5.76 Å². The number of nitrogens with zero attached hydrogens (tertiary/aromatic N) is 1. The third kappa shape index (κ3) is 3.86. The third-order valence-electron chi connectivity index (χ3n) is 3.31. The van der Waals surface area contributed by atoms with E-state index in [4.69, 9.17) is 4.42 Å². The van der Waals surface area contributed by atoms with Gasteiger partial charge in [-0.05, 0) is 42.0 Å². The lowest BCUT2D eigenvalue weighted by molar-refractivity contribution is 0.0945. The zero-order valence-electron chi connectivity index (χ0n) is 12.7. The van der Waals surface area contributed by atoms with E-state index in [1.165, 1.54) is 6.26 Å². The van der Waals surface area contributed by atoms with Crippen LogP contribution in [0.25, 0.3) is 0 Å². The Kier molecular flexibility index (Phi) is 4.67. The van der Waals surface area contributed by atoms with Gasteiger partial charge in [-0.25, -0.2) is 0 Å². The van der Waals surface area contributed by atoms with Crippen molar-refractivity contribution < 1.29 is 14.0 Å². The number of benzene rings is 1. The van der Waals surface area contributed by atoms with Crippen molar-refractivity contribution in [1.29, 1.82) is 0 Å². The first kappa shape index (κ1) is 15.5. The molecule has 0 bridgehead atoms. The van der Waals surface area contributed by atoms with Crippen molar-refractivity contribution in [2.75, 3.05) is 5.32 Å². The molecular weight excluding hydrogens is 306 g/mol. The maximum absolute atomic E-state index is 11.9. The van der Waals surface area contributed by atoms with Gasteiger partial charge in [0.25, 0.3) is 11.8 Å². The number of hydrogen-bond acceptors (Lipinski definition) is 4. The van der Waals surface area contributed by atoms with E-state index in [2.05, 4.69) is 15.6 Å². The van der Waals surface area contributed by atoms with Crippen molar-refractivity contribution in [3.8, 4) is 0 Å². The molecule has 0 aliphatic carbocycles. The average molecular weight is 321 g/mol. The van der Waals surface area contributed by atoms with Crippen molar-refractivity contribution in [1.82, 2.24) is 10.3 Å². The Morgan fingerprint density at radius 1 is 0.958 bits per heavy atom. The van der Waals surface area contributed by atoms with Crippen LogP contribution in [0.2, 0.25) is 0 Å². The second-order valence-electron chi connectivity index (χ2n) is 5.03. The molecule has 24 heavy (non-hydrogen) atoms. The normalized spacial score (nSPS) is 10.2. The van der Waals surface area contributed by atoms with E-state index in [-0.39, 0.29) is 17.6 Å². The lowest BCUT2D eigenvalue weighted by Gasteiger charge is -2.07. The minimum Gasteiger partial charge on any atom is -0.459 e. The Hall–Kier alpha value is -3.41. The molecule has 6 nitrogen and oxygen atoms in total. The highest BCUT2D eigenvalue weighted by molar-refractivity contribution is 6.02. The highest BCUT2D eigenvalue weighted by atomic mass is 16.3. The van der Waals surface area contributed by atoms with Gasteiger partial charge >= 0.3 is 0 Å². The van der Waals surface area contributed by atoms with Gasteiger partial charge in [-0.1, -0.05) is 18.2 Å². The molecule has 0 saturated heterocycles. The van der Waals surface area contributed by atoms with Crippen LogP contribution >= 0.6 is 0 Å². The number of carbonyl (C=O) groups is 2. The Labute approximate surface area is 138 Å². The fourth-order valence-electron chi connectivity index (χ4n) is 2.08. The van der Waals surface area contributed by atoms with E-state index in [0.29, 0.717) is 17.9 Å². The standard InChI is InChI=1S/C18H15N3O3/c22-17(15-4-1-2-10-19-15)20-12-13-6-8-14(9-7-13)21-18(23)16-5-3-11-24-16/h1-11H,12H2,(H,20,22)(H,21,23). The summed E-state index contributed by atoms with van der Waals surface area (Å²) in [5, 5.41) is 5.53. The Balaban J connectivity index is 1.55. The second kappa shape index (κ2) is 7.23. The van der Waals surface area contributed by atoms with Gasteiger partial charge in [-0.3, -0.25) is 14.6 Å². The number of aromatic nitrogens is 1. The van der Waals surface area contributed by atoms with Crippen LogP contribution in [-0.2, 0) is 6.54 Å². The van der Waals surface area contributed by atoms with Crippen molar-refractivity contribution in [2.24, 2.45) is 0 Å². The molecular formula is C18H15N3O3. The lowest BCUT2D eigenvalue weighted by atomic mass is 10.2. The maximum atomic E-state index is 11.9. The first-order valence-electron chi connectivity index (χ1n) is 7.35. The van der Waals surface area contributed by atoms with Gasteiger partial charge in [0, 0.05) is 18.4 Å². The zero-order valence-corrected chi connectivity index (χ0v) is 12.7. The van der Waals surface area contributed by atoms with Gasteiger partial charge in [-0.15, -0.1) is 0 Å². The highest BCUT2D eigenvalue weighted by Gasteiger charge is 2.09. The molecule has 6 heteroatoms. The smallest absolute Gasteiger partial charge is 0.291 e. The van der Waals surface area contributed by atoms with E-state index >= 15 is 0 Å². The number of furan rings is 1. The third-order valence-corrected chi connectivity index (χ3v) is 3.31. The molecule has 0 atom stereocenters.